The van der Waals surface area contributed by atoms with E-state index in [9.17, 15) is 4.79 Å². The van der Waals surface area contributed by atoms with Gasteiger partial charge in [0, 0.05) is 0 Å². The molecule has 1 amide bonds. The standard InChI is InChI=1S/C13H12Cl2N4O/c14-10-11(15)17-7-18-12(10)19-13(20)9(16)6-8-4-2-1-3-5-8/h1-5,7,9H,6,16H2,(H,17,18,19,20). The predicted octanol–water partition coefficient (Wildman–Crippen LogP) is 2.29. The molecule has 1 unspecified atom stereocenters. The minimum Gasteiger partial charge on any atom is -0.320 e. The van der Waals surface area contributed by atoms with Gasteiger partial charge < -0.3 is 11.1 Å². The van der Waals surface area contributed by atoms with Gasteiger partial charge in [0.05, 0.1) is 6.04 Å². The van der Waals surface area contributed by atoms with Crippen LogP contribution in [0.4, 0.5) is 5.82 Å². The zero-order chi connectivity index (χ0) is 14.5. The molecule has 0 fully saturated rings. The predicted molar refractivity (Wildman–Crippen MR) is 78.8 cm³/mol. The maximum absolute atomic E-state index is 12.0. The molecule has 1 atom stereocenters. The lowest BCUT2D eigenvalue weighted by molar-refractivity contribution is -0.117. The zero-order valence-corrected chi connectivity index (χ0v) is 11.9. The van der Waals surface area contributed by atoms with Crippen molar-refractivity contribution in [1.29, 1.82) is 0 Å². The van der Waals surface area contributed by atoms with Crippen LogP contribution in [0.25, 0.3) is 0 Å². The van der Waals surface area contributed by atoms with Crippen molar-refractivity contribution in [2.24, 2.45) is 5.73 Å². The fourth-order valence-electron chi connectivity index (χ4n) is 1.61. The number of nitrogens with one attached hydrogen (secondary N) is 1. The van der Waals surface area contributed by atoms with Crippen LogP contribution in [0.3, 0.4) is 0 Å². The number of benzene rings is 1. The highest BCUT2D eigenvalue weighted by molar-refractivity contribution is 6.42. The number of anilines is 1. The van der Waals surface area contributed by atoms with E-state index in [4.69, 9.17) is 28.9 Å². The van der Waals surface area contributed by atoms with Gasteiger partial charge in [-0.1, -0.05) is 53.5 Å². The number of hydrogen-bond acceptors (Lipinski definition) is 4. The summed E-state index contributed by atoms with van der Waals surface area (Å²) in [7, 11) is 0. The Balaban J connectivity index is 2.03. The molecule has 0 spiro atoms. The van der Waals surface area contributed by atoms with E-state index in [1.807, 2.05) is 30.3 Å². The first-order valence-electron chi connectivity index (χ1n) is 5.84. The number of carbonyl (C=O) groups excluding carboxylic acids is 1. The van der Waals surface area contributed by atoms with E-state index in [2.05, 4.69) is 15.3 Å². The van der Waals surface area contributed by atoms with Crippen molar-refractivity contribution in [2.45, 2.75) is 12.5 Å². The van der Waals surface area contributed by atoms with Crippen molar-refractivity contribution in [3.63, 3.8) is 0 Å². The number of nitrogens with zero attached hydrogens (tertiary/aromatic N) is 2. The summed E-state index contributed by atoms with van der Waals surface area (Å²) in [5.74, 6) is -0.231. The van der Waals surface area contributed by atoms with Crippen molar-refractivity contribution in [3.05, 3.63) is 52.4 Å². The summed E-state index contributed by atoms with van der Waals surface area (Å²) in [6.07, 6.45) is 1.63. The molecule has 0 bridgehead atoms. The Labute approximate surface area is 126 Å². The van der Waals surface area contributed by atoms with Gasteiger partial charge in [0.2, 0.25) is 5.91 Å². The van der Waals surface area contributed by atoms with Crippen LogP contribution in [0.1, 0.15) is 5.56 Å². The maximum atomic E-state index is 12.0. The molecule has 3 N–H and O–H groups in total. The van der Waals surface area contributed by atoms with Gasteiger partial charge in [-0.3, -0.25) is 4.79 Å². The smallest absolute Gasteiger partial charge is 0.242 e. The van der Waals surface area contributed by atoms with Crippen LogP contribution < -0.4 is 11.1 Å². The Morgan fingerprint density at radius 2 is 1.95 bits per heavy atom. The van der Waals surface area contributed by atoms with Crippen LogP contribution in [0.15, 0.2) is 36.7 Å². The highest BCUT2D eigenvalue weighted by Crippen LogP contribution is 2.25. The summed E-state index contributed by atoms with van der Waals surface area (Å²) in [6, 6.07) is 8.78. The molecular weight excluding hydrogens is 299 g/mol. The van der Waals surface area contributed by atoms with Gasteiger partial charge in [-0.25, -0.2) is 9.97 Å². The molecule has 1 heterocycles. The van der Waals surface area contributed by atoms with Crippen LogP contribution in [0, 0.1) is 0 Å². The lowest BCUT2D eigenvalue weighted by Gasteiger charge is -2.12. The molecule has 7 heteroatoms. The molecule has 0 saturated heterocycles. The third kappa shape index (κ3) is 3.66. The molecular formula is C13H12Cl2N4O. The molecule has 5 nitrogen and oxygen atoms in total. The van der Waals surface area contributed by atoms with Crippen molar-refractivity contribution in [3.8, 4) is 0 Å². The first-order chi connectivity index (χ1) is 9.58. The van der Waals surface area contributed by atoms with Crippen molar-refractivity contribution in [1.82, 2.24) is 9.97 Å². The molecule has 2 aromatic rings. The summed E-state index contributed by atoms with van der Waals surface area (Å²) in [6.45, 7) is 0. The Morgan fingerprint density at radius 1 is 1.25 bits per heavy atom. The molecule has 20 heavy (non-hydrogen) atoms. The van der Waals surface area contributed by atoms with Gasteiger partial charge in [-0.2, -0.15) is 0 Å². The minimum atomic E-state index is -0.706. The molecule has 0 aliphatic rings. The van der Waals surface area contributed by atoms with Crippen LogP contribution in [-0.2, 0) is 11.2 Å². The third-order valence-corrected chi connectivity index (χ3v) is 3.37. The van der Waals surface area contributed by atoms with Crippen molar-refractivity contribution < 1.29 is 4.79 Å². The Morgan fingerprint density at radius 3 is 2.65 bits per heavy atom. The minimum absolute atomic E-state index is 0.0774. The molecule has 0 aliphatic heterocycles. The number of halogens is 2. The second kappa shape index (κ2) is 6.65. The maximum Gasteiger partial charge on any atom is 0.242 e. The highest BCUT2D eigenvalue weighted by Gasteiger charge is 2.17. The van der Waals surface area contributed by atoms with E-state index in [0.717, 1.165) is 5.56 Å². The molecule has 0 aliphatic carbocycles. The summed E-state index contributed by atoms with van der Waals surface area (Å²) in [4.78, 5) is 19.5. The van der Waals surface area contributed by atoms with E-state index in [-0.39, 0.29) is 21.9 Å². The number of carbonyl (C=O) groups is 1. The van der Waals surface area contributed by atoms with Crippen LogP contribution in [0.5, 0.6) is 0 Å². The molecule has 0 radical (unpaired) electrons. The van der Waals surface area contributed by atoms with Crippen LogP contribution >= 0.6 is 23.2 Å². The van der Waals surface area contributed by atoms with Gasteiger partial charge in [0.1, 0.15) is 11.3 Å². The van der Waals surface area contributed by atoms with Crippen LogP contribution in [0.2, 0.25) is 10.2 Å². The number of aromatic nitrogens is 2. The number of hydrogen-bond donors (Lipinski definition) is 2. The first kappa shape index (κ1) is 14.7. The first-order valence-corrected chi connectivity index (χ1v) is 6.60. The average Bonchev–Trinajstić information content (AvgIpc) is 2.45. The van der Waals surface area contributed by atoms with Crippen molar-refractivity contribution >= 4 is 34.9 Å². The number of rotatable bonds is 4. The quantitative estimate of drug-likeness (QED) is 0.849. The SMILES string of the molecule is NC(Cc1ccccc1)C(=O)Nc1ncnc(Cl)c1Cl. The highest BCUT2D eigenvalue weighted by atomic mass is 35.5. The second-order valence-electron chi connectivity index (χ2n) is 4.11. The largest absolute Gasteiger partial charge is 0.320 e. The summed E-state index contributed by atoms with van der Waals surface area (Å²) < 4.78 is 0. The van der Waals surface area contributed by atoms with E-state index >= 15 is 0 Å². The van der Waals surface area contributed by atoms with Gasteiger partial charge in [-0.05, 0) is 12.0 Å². The molecule has 1 aromatic heterocycles. The molecule has 2 rings (SSSR count). The fourth-order valence-corrected chi connectivity index (χ4v) is 1.88. The van der Waals surface area contributed by atoms with E-state index < -0.39 is 6.04 Å². The molecule has 0 saturated carbocycles. The Hall–Kier alpha value is -1.69. The van der Waals surface area contributed by atoms with Gasteiger partial charge >= 0.3 is 0 Å². The summed E-state index contributed by atoms with van der Waals surface area (Å²) in [5, 5.41) is 2.71. The van der Waals surface area contributed by atoms with Gasteiger partial charge in [-0.15, -0.1) is 0 Å². The average molecular weight is 311 g/mol. The third-order valence-electron chi connectivity index (χ3n) is 2.62. The van der Waals surface area contributed by atoms with Gasteiger partial charge in [0.15, 0.2) is 11.0 Å². The van der Waals surface area contributed by atoms with E-state index in [1.165, 1.54) is 6.33 Å². The normalized spacial score (nSPS) is 11.9. The molecule has 104 valence electrons. The second-order valence-corrected chi connectivity index (χ2v) is 4.85. The number of nitrogens with two attached hydrogens (primary N) is 1. The summed E-state index contributed by atoms with van der Waals surface area (Å²) in [5.41, 5.74) is 6.83. The zero-order valence-electron chi connectivity index (χ0n) is 10.4. The lowest BCUT2D eigenvalue weighted by atomic mass is 10.1. The van der Waals surface area contributed by atoms with Gasteiger partial charge in [0.25, 0.3) is 0 Å². The molecule has 1 aromatic carbocycles. The topological polar surface area (TPSA) is 80.9 Å². The van der Waals surface area contributed by atoms with Crippen LogP contribution in [-0.4, -0.2) is 21.9 Å². The Kier molecular flexibility index (Phi) is 4.89. The van der Waals surface area contributed by atoms with Crippen molar-refractivity contribution in [2.75, 3.05) is 5.32 Å². The van der Waals surface area contributed by atoms with E-state index in [0.29, 0.717) is 6.42 Å². The lowest BCUT2D eigenvalue weighted by Crippen LogP contribution is -2.37. The van der Waals surface area contributed by atoms with E-state index in [1.54, 1.807) is 0 Å². The fraction of sp³-hybridized carbons (Fsp3) is 0.154. The monoisotopic (exact) mass is 310 g/mol. The Bertz CT molecular complexity index is 607. The summed E-state index contributed by atoms with van der Waals surface area (Å²) >= 11 is 11.6. The number of amides is 1.